The predicted octanol–water partition coefficient (Wildman–Crippen LogP) is 3.15. The van der Waals surface area contributed by atoms with Crippen molar-refractivity contribution in [1.29, 1.82) is 0 Å². The Morgan fingerprint density at radius 1 is 1.04 bits per heavy atom. The minimum Gasteiger partial charge on any atom is -0.393 e. The van der Waals surface area contributed by atoms with Crippen molar-refractivity contribution in [2.24, 2.45) is 0 Å². The Bertz CT molecular complexity index is 1070. The van der Waals surface area contributed by atoms with Crippen LogP contribution in [0.1, 0.15) is 11.1 Å². The molecule has 2 aromatic heterocycles. The van der Waals surface area contributed by atoms with Crippen LogP contribution in [-0.4, -0.2) is 25.0 Å². The zero-order chi connectivity index (χ0) is 17.4. The van der Waals surface area contributed by atoms with Crippen molar-refractivity contribution in [3.8, 4) is 5.82 Å². The normalized spacial score (nSPS) is 11.0. The Hall–Kier alpha value is -3.48. The third-order valence-electron chi connectivity index (χ3n) is 4.05. The zero-order valence-electron chi connectivity index (χ0n) is 13.9. The van der Waals surface area contributed by atoms with Gasteiger partial charge in [0, 0.05) is 5.69 Å². The fraction of sp³-hybridized carbons (Fsp3) is 0.111. The van der Waals surface area contributed by atoms with Crippen molar-refractivity contribution in [1.82, 2.24) is 25.0 Å². The Kier molecular flexibility index (Phi) is 3.53. The van der Waals surface area contributed by atoms with Gasteiger partial charge < -0.3 is 11.1 Å². The van der Waals surface area contributed by atoms with E-state index >= 15 is 0 Å². The number of nitrogen functional groups attached to an aromatic ring is 1. The van der Waals surface area contributed by atoms with Gasteiger partial charge in [-0.05, 0) is 37.6 Å². The number of hydrogen-bond donors (Lipinski definition) is 2. The van der Waals surface area contributed by atoms with Crippen molar-refractivity contribution >= 4 is 28.2 Å². The number of hydrogen-bond acceptors (Lipinski definition) is 6. The predicted molar refractivity (Wildman–Crippen MR) is 98.1 cm³/mol. The highest BCUT2D eigenvalue weighted by Crippen LogP contribution is 2.28. The quantitative estimate of drug-likeness (QED) is 0.599. The molecule has 0 saturated carbocycles. The number of anilines is 3. The minimum atomic E-state index is 0.415. The van der Waals surface area contributed by atoms with Crippen molar-refractivity contribution in [2.75, 3.05) is 11.1 Å². The van der Waals surface area contributed by atoms with E-state index in [4.69, 9.17) is 5.73 Å². The Balaban J connectivity index is 1.78. The molecule has 3 N–H and O–H groups in total. The van der Waals surface area contributed by atoms with E-state index in [2.05, 4.69) is 38.6 Å². The fourth-order valence-electron chi connectivity index (χ4n) is 2.76. The summed E-state index contributed by atoms with van der Waals surface area (Å²) in [6.07, 6.45) is 1.47. The van der Waals surface area contributed by atoms with Gasteiger partial charge in [-0.1, -0.05) is 35.0 Å². The first-order chi connectivity index (χ1) is 12.1. The number of nitrogens with one attached hydrogen (secondary N) is 1. The van der Waals surface area contributed by atoms with Gasteiger partial charge in [-0.2, -0.15) is 4.68 Å². The summed E-state index contributed by atoms with van der Waals surface area (Å²) in [5.74, 6) is 1.03. The van der Waals surface area contributed by atoms with Crippen LogP contribution >= 0.6 is 0 Å². The topological polar surface area (TPSA) is 94.5 Å². The van der Waals surface area contributed by atoms with Gasteiger partial charge in [0.15, 0.2) is 11.6 Å². The van der Waals surface area contributed by atoms with Gasteiger partial charge in [0.05, 0.1) is 5.52 Å². The number of fused-ring (bicyclic) bond motifs is 1. The highest BCUT2D eigenvalue weighted by Gasteiger charge is 2.14. The second-order valence-corrected chi connectivity index (χ2v) is 5.89. The second kappa shape index (κ2) is 5.86. The van der Waals surface area contributed by atoms with Gasteiger partial charge in [0.2, 0.25) is 0 Å². The lowest BCUT2D eigenvalue weighted by atomic mass is 10.1. The molecule has 4 aromatic rings. The van der Waals surface area contributed by atoms with Crippen molar-refractivity contribution in [3.05, 3.63) is 59.9 Å². The Morgan fingerprint density at radius 2 is 1.88 bits per heavy atom. The van der Waals surface area contributed by atoms with E-state index in [1.807, 2.05) is 43.3 Å². The van der Waals surface area contributed by atoms with E-state index in [-0.39, 0.29) is 0 Å². The third kappa shape index (κ3) is 2.65. The van der Waals surface area contributed by atoms with Crippen LogP contribution in [0.4, 0.5) is 17.2 Å². The molecule has 25 heavy (non-hydrogen) atoms. The molecule has 0 fully saturated rings. The average Bonchev–Trinajstić information content (AvgIpc) is 3.03. The first kappa shape index (κ1) is 15.1. The Morgan fingerprint density at radius 3 is 2.72 bits per heavy atom. The number of para-hydroxylation sites is 1. The smallest absolute Gasteiger partial charge is 0.184 e. The first-order valence-electron chi connectivity index (χ1n) is 7.89. The average molecular weight is 331 g/mol. The molecule has 7 nitrogen and oxygen atoms in total. The van der Waals surface area contributed by atoms with E-state index in [1.54, 1.807) is 4.68 Å². The molecule has 0 aliphatic carbocycles. The Labute approximate surface area is 144 Å². The largest absolute Gasteiger partial charge is 0.393 e. The zero-order valence-corrected chi connectivity index (χ0v) is 13.9. The van der Waals surface area contributed by atoms with Gasteiger partial charge in [0.1, 0.15) is 17.5 Å². The van der Waals surface area contributed by atoms with Gasteiger partial charge in [-0.15, -0.1) is 5.10 Å². The van der Waals surface area contributed by atoms with E-state index in [1.165, 1.54) is 11.9 Å². The summed E-state index contributed by atoms with van der Waals surface area (Å²) in [6.45, 7) is 4.10. The maximum absolute atomic E-state index is 6.32. The monoisotopic (exact) mass is 331 g/mol. The molecule has 0 atom stereocenters. The molecular formula is C18H17N7. The van der Waals surface area contributed by atoms with Crippen molar-refractivity contribution in [3.63, 3.8) is 0 Å². The summed E-state index contributed by atoms with van der Waals surface area (Å²) in [6, 6.07) is 13.8. The lowest BCUT2D eigenvalue weighted by Crippen LogP contribution is -2.09. The van der Waals surface area contributed by atoms with Gasteiger partial charge in [0.25, 0.3) is 0 Å². The number of aryl methyl sites for hydroxylation is 2. The standard InChI is InChI=1S/C18H17N7/c1-11-7-8-13(12(2)9-11)22-17-16(19)18(21-10-20-17)25-15-6-4-3-5-14(15)23-24-25/h3-10H,19H2,1-2H3,(H,20,21,22). The van der Waals surface area contributed by atoms with E-state index < -0.39 is 0 Å². The molecule has 7 heteroatoms. The summed E-state index contributed by atoms with van der Waals surface area (Å²) in [5.41, 5.74) is 11.6. The van der Waals surface area contributed by atoms with Gasteiger partial charge in [-0.3, -0.25) is 0 Å². The maximum Gasteiger partial charge on any atom is 0.184 e. The molecule has 0 saturated heterocycles. The summed E-state index contributed by atoms with van der Waals surface area (Å²) in [4.78, 5) is 8.57. The van der Waals surface area contributed by atoms with Crippen LogP contribution in [0.25, 0.3) is 16.9 Å². The van der Waals surface area contributed by atoms with E-state index in [9.17, 15) is 0 Å². The lowest BCUT2D eigenvalue weighted by Gasteiger charge is -2.13. The molecule has 2 aromatic carbocycles. The molecular weight excluding hydrogens is 314 g/mol. The highest BCUT2D eigenvalue weighted by molar-refractivity contribution is 5.80. The van der Waals surface area contributed by atoms with Crippen LogP contribution in [0.3, 0.4) is 0 Å². The molecule has 0 bridgehead atoms. The molecule has 0 spiro atoms. The van der Waals surface area contributed by atoms with Crippen molar-refractivity contribution < 1.29 is 0 Å². The first-order valence-corrected chi connectivity index (χ1v) is 7.89. The highest BCUT2D eigenvalue weighted by atomic mass is 15.4. The van der Waals surface area contributed by atoms with Crippen LogP contribution in [0, 0.1) is 13.8 Å². The maximum atomic E-state index is 6.32. The molecule has 124 valence electrons. The molecule has 0 radical (unpaired) electrons. The summed E-state index contributed by atoms with van der Waals surface area (Å²) < 4.78 is 1.62. The summed E-state index contributed by atoms with van der Waals surface area (Å²) in [7, 11) is 0. The minimum absolute atomic E-state index is 0.415. The molecule has 4 rings (SSSR count). The number of nitrogens with zero attached hydrogens (tertiary/aromatic N) is 5. The molecule has 0 aliphatic heterocycles. The molecule has 0 aliphatic rings. The van der Waals surface area contributed by atoms with E-state index in [0.717, 1.165) is 22.3 Å². The second-order valence-electron chi connectivity index (χ2n) is 5.89. The molecule has 2 heterocycles. The van der Waals surface area contributed by atoms with Gasteiger partial charge >= 0.3 is 0 Å². The SMILES string of the molecule is Cc1ccc(Nc2ncnc(-n3nnc4ccccc43)c2N)c(C)c1. The van der Waals surface area contributed by atoms with Crippen LogP contribution in [0.5, 0.6) is 0 Å². The van der Waals surface area contributed by atoms with Crippen molar-refractivity contribution in [2.45, 2.75) is 13.8 Å². The fourth-order valence-corrected chi connectivity index (χ4v) is 2.76. The summed E-state index contributed by atoms with van der Waals surface area (Å²) >= 11 is 0. The number of benzene rings is 2. The lowest BCUT2D eigenvalue weighted by molar-refractivity contribution is 0.800. The van der Waals surface area contributed by atoms with Gasteiger partial charge in [-0.25, -0.2) is 9.97 Å². The summed E-state index contributed by atoms with van der Waals surface area (Å²) in [5, 5.41) is 11.6. The number of rotatable bonds is 3. The molecule has 0 amide bonds. The van der Waals surface area contributed by atoms with Crippen LogP contribution < -0.4 is 11.1 Å². The number of aromatic nitrogens is 5. The third-order valence-corrected chi connectivity index (χ3v) is 4.05. The van der Waals surface area contributed by atoms with Crippen LogP contribution in [0.2, 0.25) is 0 Å². The molecule has 0 unspecified atom stereocenters. The number of nitrogens with two attached hydrogens (primary N) is 1. The van der Waals surface area contributed by atoms with Crippen LogP contribution in [0.15, 0.2) is 48.8 Å². The van der Waals surface area contributed by atoms with E-state index in [0.29, 0.717) is 17.3 Å². The van der Waals surface area contributed by atoms with Crippen LogP contribution in [-0.2, 0) is 0 Å².